The normalized spacial score (nSPS) is 17.4. The second-order valence-corrected chi connectivity index (χ2v) is 5.53. The van der Waals surface area contributed by atoms with Gasteiger partial charge < -0.3 is 10.0 Å². The zero-order chi connectivity index (χ0) is 14.8. The van der Waals surface area contributed by atoms with Crippen molar-refractivity contribution < 1.29 is 9.90 Å². The smallest absolute Gasteiger partial charge is 0.311 e. The van der Waals surface area contributed by atoms with E-state index in [9.17, 15) is 9.90 Å². The second-order valence-electron chi connectivity index (χ2n) is 5.13. The number of hydrogen-bond donors (Lipinski definition) is 1. The third kappa shape index (κ3) is 2.72. The highest BCUT2D eigenvalue weighted by Gasteiger charge is 2.29. The van der Waals surface area contributed by atoms with E-state index >= 15 is 0 Å². The molecule has 108 valence electrons. The van der Waals surface area contributed by atoms with Crippen LogP contribution >= 0.6 is 11.6 Å². The van der Waals surface area contributed by atoms with Gasteiger partial charge in [-0.1, -0.05) is 29.8 Å². The standard InChI is InChI=1S/C16H15ClN2O2/c17-14-9-18-7-5-11(14)10-19-8-6-13(16(20)21)12-3-1-2-4-15(12)19/h1-5,7,9,13H,6,8,10H2,(H,20,21). The van der Waals surface area contributed by atoms with Crippen LogP contribution in [0.25, 0.3) is 0 Å². The first-order valence-corrected chi connectivity index (χ1v) is 7.19. The van der Waals surface area contributed by atoms with Gasteiger partial charge in [0.25, 0.3) is 0 Å². The number of aromatic nitrogens is 1. The molecule has 1 atom stereocenters. The van der Waals surface area contributed by atoms with E-state index in [-0.39, 0.29) is 0 Å². The Bertz CT molecular complexity index is 675. The molecule has 0 amide bonds. The number of halogens is 1. The summed E-state index contributed by atoms with van der Waals surface area (Å²) in [6, 6.07) is 9.59. The summed E-state index contributed by atoms with van der Waals surface area (Å²) in [5, 5.41) is 9.99. The van der Waals surface area contributed by atoms with Crippen molar-refractivity contribution in [3.05, 3.63) is 58.9 Å². The molecule has 2 heterocycles. The van der Waals surface area contributed by atoms with Crippen molar-refractivity contribution in [3.8, 4) is 0 Å². The maximum Gasteiger partial charge on any atom is 0.311 e. The van der Waals surface area contributed by atoms with Gasteiger partial charge in [0.2, 0.25) is 0 Å². The van der Waals surface area contributed by atoms with Crippen molar-refractivity contribution in [1.82, 2.24) is 4.98 Å². The van der Waals surface area contributed by atoms with Crippen LogP contribution in [-0.2, 0) is 11.3 Å². The molecule has 0 saturated heterocycles. The van der Waals surface area contributed by atoms with Crippen LogP contribution in [-0.4, -0.2) is 22.6 Å². The van der Waals surface area contributed by atoms with Gasteiger partial charge >= 0.3 is 5.97 Å². The zero-order valence-corrected chi connectivity index (χ0v) is 12.1. The van der Waals surface area contributed by atoms with E-state index in [1.54, 1.807) is 12.4 Å². The van der Waals surface area contributed by atoms with Gasteiger partial charge in [-0.25, -0.2) is 0 Å². The quantitative estimate of drug-likeness (QED) is 0.945. The maximum absolute atomic E-state index is 11.4. The molecule has 1 aromatic heterocycles. The van der Waals surface area contributed by atoms with Crippen molar-refractivity contribution >= 4 is 23.3 Å². The number of pyridine rings is 1. The van der Waals surface area contributed by atoms with Crippen LogP contribution in [0.4, 0.5) is 5.69 Å². The summed E-state index contributed by atoms with van der Waals surface area (Å²) in [4.78, 5) is 17.6. The summed E-state index contributed by atoms with van der Waals surface area (Å²) in [7, 11) is 0. The lowest BCUT2D eigenvalue weighted by Gasteiger charge is -2.34. The summed E-state index contributed by atoms with van der Waals surface area (Å²) in [6.45, 7) is 1.36. The lowest BCUT2D eigenvalue weighted by Crippen LogP contribution is -2.33. The third-order valence-electron chi connectivity index (χ3n) is 3.86. The number of carboxylic acids is 1. The van der Waals surface area contributed by atoms with Crippen LogP contribution < -0.4 is 4.90 Å². The summed E-state index contributed by atoms with van der Waals surface area (Å²) < 4.78 is 0. The predicted molar refractivity (Wildman–Crippen MR) is 81.7 cm³/mol. The van der Waals surface area contributed by atoms with Gasteiger partial charge in [-0.3, -0.25) is 9.78 Å². The molecule has 1 aromatic carbocycles. The Morgan fingerprint density at radius 2 is 2.19 bits per heavy atom. The molecule has 0 fully saturated rings. The molecule has 0 bridgehead atoms. The van der Waals surface area contributed by atoms with Crippen molar-refractivity contribution in [2.24, 2.45) is 0 Å². The van der Waals surface area contributed by atoms with E-state index in [1.807, 2.05) is 30.3 Å². The first kappa shape index (κ1) is 13.9. The molecule has 4 nitrogen and oxygen atoms in total. The minimum atomic E-state index is -0.760. The molecule has 0 aliphatic carbocycles. The Labute approximate surface area is 128 Å². The highest BCUT2D eigenvalue weighted by atomic mass is 35.5. The Morgan fingerprint density at radius 3 is 2.95 bits per heavy atom. The molecule has 1 unspecified atom stereocenters. The molecule has 1 N–H and O–H groups in total. The molecule has 2 aromatic rings. The number of hydrogen-bond acceptors (Lipinski definition) is 3. The van der Waals surface area contributed by atoms with Crippen LogP contribution in [0.3, 0.4) is 0 Å². The van der Waals surface area contributed by atoms with E-state index in [4.69, 9.17) is 11.6 Å². The molecule has 0 radical (unpaired) electrons. The number of carboxylic acid groups (broad SMARTS) is 1. The number of carbonyl (C=O) groups is 1. The fraction of sp³-hybridized carbons (Fsp3) is 0.250. The molecular formula is C16H15ClN2O2. The average Bonchev–Trinajstić information content (AvgIpc) is 2.49. The van der Waals surface area contributed by atoms with Gasteiger partial charge in [0, 0.05) is 31.2 Å². The zero-order valence-electron chi connectivity index (χ0n) is 11.4. The molecule has 1 aliphatic heterocycles. The number of anilines is 1. The molecule has 0 spiro atoms. The van der Waals surface area contributed by atoms with Crippen molar-refractivity contribution in [2.45, 2.75) is 18.9 Å². The maximum atomic E-state index is 11.4. The largest absolute Gasteiger partial charge is 0.481 e. The fourth-order valence-electron chi connectivity index (χ4n) is 2.79. The number of aliphatic carboxylic acids is 1. The molecular weight excluding hydrogens is 288 g/mol. The van der Waals surface area contributed by atoms with Gasteiger partial charge in [0.1, 0.15) is 0 Å². The van der Waals surface area contributed by atoms with Crippen LogP contribution in [0.15, 0.2) is 42.7 Å². The van der Waals surface area contributed by atoms with Crippen LogP contribution in [0.5, 0.6) is 0 Å². The average molecular weight is 303 g/mol. The highest BCUT2D eigenvalue weighted by molar-refractivity contribution is 6.31. The Balaban J connectivity index is 1.93. The lowest BCUT2D eigenvalue weighted by atomic mass is 9.90. The summed E-state index contributed by atoms with van der Waals surface area (Å²) in [5.74, 6) is -1.19. The van der Waals surface area contributed by atoms with Crippen LogP contribution in [0.2, 0.25) is 5.02 Å². The van der Waals surface area contributed by atoms with Crippen LogP contribution in [0, 0.1) is 0 Å². The number of rotatable bonds is 3. The molecule has 0 saturated carbocycles. The topological polar surface area (TPSA) is 53.4 Å². The van der Waals surface area contributed by atoms with E-state index in [0.29, 0.717) is 24.5 Å². The van der Waals surface area contributed by atoms with Crippen molar-refractivity contribution in [2.75, 3.05) is 11.4 Å². The Hall–Kier alpha value is -2.07. The van der Waals surface area contributed by atoms with Crippen molar-refractivity contribution in [3.63, 3.8) is 0 Å². The molecule has 3 rings (SSSR count). The Kier molecular flexibility index (Phi) is 3.80. The monoisotopic (exact) mass is 302 g/mol. The van der Waals surface area contributed by atoms with Crippen molar-refractivity contribution in [1.29, 1.82) is 0 Å². The number of para-hydroxylation sites is 1. The summed E-state index contributed by atoms with van der Waals surface area (Å²) in [5.41, 5.74) is 2.85. The molecule has 21 heavy (non-hydrogen) atoms. The SMILES string of the molecule is O=C(O)C1CCN(Cc2ccncc2Cl)c2ccccc21. The molecule has 5 heteroatoms. The minimum absolute atomic E-state index is 0.426. The van der Waals surface area contributed by atoms with Gasteiger partial charge in [0.15, 0.2) is 0 Å². The highest BCUT2D eigenvalue weighted by Crippen LogP contribution is 2.36. The summed E-state index contributed by atoms with van der Waals surface area (Å²) >= 11 is 6.17. The van der Waals surface area contributed by atoms with E-state index in [0.717, 1.165) is 16.8 Å². The number of fused-ring (bicyclic) bond motifs is 1. The first-order valence-electron chi connectivity index (χ1n) is 6.82. The minimum Gasteiger partial charge on any atom is -0.481 e. The first-order chi connectivity index (χ1) is 10.2. The lowest BCUT2D eigenvalue weighted by molar-refractivity contribution is -0.139. The summed E-state index contributed by atoms with van der Waals surface area (Å²) in [6.07, 6.45) is 3.96. The fourth-order valence-corrected chi connectivity index (χ4v) is 2.97. The van der Waals surface area contributed by atoms with Gasteiger partial charge in [-0.15, -0.1) is 0 Å². The third-order valence-corrected chi connectivity index (χ3v) is 4.20. The number of benzene rings is 1. The molecule has 1 aliphatic rings. The van der Waals surface area contributed by atoms with Gasteiger partial charge in [-0.2, -0.15) is 0 Å². The van der Waals surface area contributed by atoms with Gasteiger partial charge in [0.05, 0.1) is 10.9 Å². The van der Waals surface area contributed by atoms with Crippen LogP contribution in [0.1, 0.15) is 23.5 Å². The number of nitrogens with zero attached hydrogens (tertiary/aromatic N) is 2. The van der Waals surface area contributed by atoms with E-state index < -0.39 is 11.9 Å². The second kappa shape index (κ2) is 5.74. The van der Waals surface area contributed by atoms with Gasteiger partial charge in [-0.05, 0) is 29.7 Å². The van der Waals surface area contributed by atoms with E-state index in [2.05, 4.69) is 9.88 Å². The predicted octanol–water partition coefficient (Wildman–Crippen LogP) is 3.31. The van der Waals surface area contributed by atoms with E-state index in [1.165, 1.54) is 0 Å². The Morgan fingerprint density at radius 1 is 1.38 bits per heavy atom.